The lowest BCUT2D eigenvalue weighted by Gasteiger charge is -2.21. The number of rotatable bonds is 3. The lowest BCUT2D eigenvalue weighted by molar-refractivity contribution is 0.0751. The lowest BCUT2D eigenvalue weighted by Crippen LogP contribution is -2.26. The molecule has 188 valence electrons. The fourth-order valence-electron chi connectivity index (χ4n) is 5.28. The third-order valence-electron chi connectivity index (χ3n) is 7.27. The van der Waals surface area contributed by atoms with Crippen LogP contribution in [0.3, 0.4) is 0 Å². The highest BCUT2D eigenvalue weighted by molar-refractivity contribution is 7.91. The quantitative estimate of drug-likeness (QED) is 0.438. The summed E-state index contributed by atoms with van der Waals surface area (Å²) in [6, 6.07) is 11.7. The highest BCUT2D eigenvalue weighted by Crippen LogP contribution is 2.28. The van der Waals surface area contributed by atoms with E-state index >= 15 is 0 Å². The van der Waals surface area contributed by atoms with Crippen LogP contribution in [-0.2, 0) is 29.3 Å². The average molecular weight is 528 g/mol. The van der Waals surface area contributed by atoms with Crippen molar-refractivity contribution in [2.24, 2.45) is 5.92 Å². The number of aromatic nitrogens is 4. The Morgan fingerprint density at radius 2 is 1.75 bits per heavy atom. The predicted molar refractivity (Wildman–Crippen MR) is 138 cm³/mol. The zero-order valence-corrected chi connectivity index (χ0v) is 21.4. The summed E-state index contributed by atoms with van der Waals surface area (Å²) in [6.45, 7) is 3.02. The molecule has 6 rings (SSSR count). The van der Waals surface area contributed by atoms with Crippen LogP contribution in [0.25, 0.3) is 16.7 Å². The predicted octanol–water partition coefficient (Wildman–Crippen LogP) is 2.82. The average Bonchev–Trinajstić information content (AvgIpc) is 3.45. The van der Waals surface area contributed by atoms with Gasteiger partial charge < -0.3 is 9.88 Å². The van der Waals surface area contributed by atoms with Crippen molar-refractivity contribution < 1.29 is 13.2 Å². The second kappa shape index (κ2) is 9.01. The number of halogens is 1. The van der Waals surface area contributed by atoms with Crippen LogP contribution in [0, 0.1) is 12.8 Å². The Morgan fingerprint density at radius 1 is 1.08 bits per heavy atom. The zero-order chi connectivity index (χ0) is 24.3. The number of nitrogens with one attached hydrogen (secondary N) is 1. The Balaban J connectivity index is 0.00000267. The van der Waals surface area contributed by atoms with Crippen LogP contribution in [0.1, 0.15) is 45.7 Å². The molecule has 1 amide bonds. The smallest absolute Gasteiger partial charge is 0.294 e. The van der Waals surface area contributed by atoms with Gasteiger partial charge in [0, 0.05) is 25.1 Å². The van der Waals surface area contributed by atoms with E-state index in [1.807, 2.05) is 42.2 Å². The van der Waals surface area contributed by atoms with E-state index in [0.717, 1.165) is 22.2 Å². The molecule has 0 atom stereocenters. The van der Waals surface area contributed by atoms with Crippen molar-refractivity contribution in [3.05, 3.63) is 74.8 Å². The number of hydrogen-bond donors (Lipinski definition) is 1. The third kappa shape index (κ3) is 4.18. The molecule has 0 radical (unpaired) electrons. The number of aromatic amines is 1. The van der Waals surface area contributed by atoms with Gasteiger partial charge in [-0.15, -0.1) is 22.6 Å². The first kappa shape index (κ1) is 24.5. The van der Waals surface area contributed by atoms with Gasteiger partial charge in [-0.3, -0.25) is 14.0 Å². The number of carbonyl (C=O) groups excluding carboxylic acids is 1. The molecule has 11 heteroatoms. The standard InChI is InChI=1S/C25H25N5O4S.ClH/c1-15-10-21-20(12-19(15)25(32)29-13-17-4-2-3-5-18(17)14-29)26-24(31)23-28-27-22(30(21)23)11-16-6-8-35(33,34)9-7-16;/h2-5,10,12,16H,6-9,11,13-14H2,1H3,(H,26,31);1H. The van der Waals surface area contributed by atoms with Crippen molar-refractivity contribution in [1.82, 2.24) is 24.5 Å². The number of H-pyrrole nitrogens is 1. The summed E-state index contributed by atoms with van der Waals surface area (Å²) in [5.74, 6) is 1.09. The molecule has 36 heavy (non-hydrogen) atoms. The van der Waals surface area contributed by atoms with E-state index < -0.39 is 9.84 Å². The Labute approximate surface area is 213 Å². The van der Waals surface area contributed by atoms with Crippen molar-refractivity contribution in [2.45, 2.75) is 39.3 Å². The number of aryl methyl sites for hydroxylation is 1. The fourth-order valence-corrected chi connectivity index (χ4v) is 6.87. The van der Waals surface area contributed by atoms with Gasteiger partial charge in [0.15, 0.2) is 0 Å². The normalized spacial score (nSPS) is 17.3. The van der Waals surface area contributed by atoms with Crippen molar-refractivity contribution in [1.29, 1.82) is 0 Å². The largest absolute Gasteiger partial charge is 0.330 e. The maximum absolute atomic E-state index is 13.4. The van der Waals surface area contributed by atoms with Crippen LogP contribution in [0.4, 0.5) is 0 Å². The van der Waals surface area contributed by atoms with Crippen LogP contribution in [-0.4, -0.2) is 50.3 Å². The molecule has 0 unspecified atom stereocenters. The van der Waals surface area contributed by atoms with Gasteiger partial charge in [-0.05, 0) is 54.5 Å². The summed E-state index contributed by atoms with van der Waals surface area (Å²) >= 11 is 0. The first-order valence-corrected chi connectivity index (χ1v) is 13.6. The SMILES string of the molecule is Cc1cc2c(cc1C(=O)N1Cc3ccccc3C1)[nH]c(=O)c1nnc(CC3CCS(=O)(=O)CC3)n12.Cl. The number of nitrogens with zero attached hydrogens (tertiary/aromatic N) is 4. The minimum Gasteiger partial charge on any atom is -0.330 e. The van der Waals surface area contributed by atoms with E-state index in [-0.39, 0.29) is 46.9 Å². The molecule has 2 aromatic heterocycles. The maximum atomic E-state index is 13.4. The Hall–Kier alpha value is -3.24. The summed E-state index contributed by atoms with van der Waals surface area (Å²) < 4.78 is 25.4. The summed E-state index contributed by atoms with van der Waals surface area (Å²) in [4.78, 5) is 30.9. The van der Waals surface area contributed by atoms with E-state index in [9.17, 15) is 18.0 Å². The molecule has 2 aliphatic heterocycles. The van der Waals surface area contributed by atoms with Crippen LogP contribution in [0.5, 0.6) is 0 Å². The van der Waals surface area contributed by atoms with E-state index in [4.69, 9.17) is 0 Å². The van der Waals surface area contributed by atoms with Crippen LogP contribution in [0.15, 0.2) is 41.2 Å². The molecule has 1 saturated heterocycles. The minimum atomic E-state index is -2.96. The highest BCUT2D eigenvalue weighted by Gasteiger charge is 2.27. The van der Waals surface area contributed by atoms with E-state index in [0.29, 0.717) is 49.3 Å². The molecular weight excluding hydrogens is 502 g/mol. The molecule has 9 nitrogen and oxygen atoms in total. The van der Waals surface area contributed by atoms with Crippen molar-refractivity contribution in [3.8, 4) is 0 Å². The second-order valence-electron chi connectivity index (χ2n) is 9.64. The van der Waals surface area contributed by atoms with Gasteiger partial charge in [0.05, 0.1) is 22.5 Å². The number of sulfone groups is 1. The summed E-state index contributed by atoms with van der Waals surface area (Å²) in [5, 5.41) is 8.39. The number of benzene rings is 2. The summed E-state index contributed by atoms with van der Waals surface area (Å²) in [7, 11) is -2.96. The molecule has 2 aliphatic rings. The van der Waals surface area contributed by atoms with Crippen LogP contribution < -0.4 is 5.56 Å². The van der Waals surface area contributed by atoms with Gasteiger partial charge in [-0.2, -0.15) is 0 Å². The minimum absolute atomic E-state index is 0. The lowest BCUT2D eigenvalue weighted by atomic mass is 9.98. The van der Waals surface area contributed by atoms with Gasteiger partial charge >= 0.3 is 0 Å². The molecule has 0 saturated carbocycles. The fraction of sp³-hybridized carbons (Fsp3) is 0.360. The molecule has 4 aromatic rings. The van der Waals surface area contributed by atoms with Gasteiger partial charge in [0.25, 0.3) is 11.5 Å². The summed E-state index contributed by atoms with van der Waals surface area (Å²) in [6.07, 6.45) is 1.70. The maximum Gasteiger partial charge on any atom is 0.294 e. The molecule has 2 aromatic carbocycles. The number of fused-ring (bicyclic) bond motifs is 4. The van der Waals surface area contributed by atoms with E-state index in [2.05, 4.69) is 15.2 Å². The van der Waals surface area contributed by atoms with Crippen molar-refractivity contribution in [3.63, 3.8) is 0 Å². The van der Waals surface area contributed by atoms with Gasteiger partial charge in [0.1, 0.15) is 15.7 Å². The molecule has 1 fully saturated rings. The van der Waals surface area contributed by atoms with Crippen LogP contribution in [0.2, 0.25) is 0 Å². The third-order valence-corrected chi connectivity index (χ3v) is 8.98. The first-order valence-electron chi connectivity index (χ1n) is 11.8. The molecule has 1 N–H and O–H groups in total. The van der Waals surface area contributed by atoms with Gasteiger partial charge in [-0.1, -0.05) is 24.3 Å². The molecule has 4 heterocycles. The Morgan fingerprint density at radius 3 is 2.42 bits per heavy atom. The zero-order valence-electron chi connectivity index (χ0n) is 19.7. The second-order valence-corrected chi connectivity index (χ2v) is 11.9. The first-order chi connectivity index (χ1) is 16.8. The number of hydrogen-bond acceptors (Lipinski definition) is 6. The molecular formula is C25H26ClN5O4S. The highest BCUT2D eigenvalue weighted by atomic mass is 35.5. The Kier molecular flexibility index (Phi) is 6.12. The van der Waals surface area contributed by atoms with Crippen molar-refractivity contribution >= 4 is 44.8 Å². The molecule has 0 aliphatic carbocycles. The van der Waals surface area contributed by atoms with Gasteiger partial charge in [0.2, 0.25) is 5.65 Å². The number of amides is 1. The monoisotopic (exact) mass is 527 g/mol. The molecule has 0 bridgehead atoms. The number of carbonyl (C=O) groups is 1. The van der Waals surface area contributed by atoms with Crippen LogP contribution >= 0.6 is 12.4 Å². The van der Waals surface area contributed by atoms with Crippen molar-refractivity contribution in [2.75, 3.05) is 11.5 Å². The van der Waals surface area contributed by atoms with Gasteiger partial charge in [-0.25, -0.2) is 8.42 Å². The van der Waals surface area contributed by atoms with E-state index in [1.165, 1.54) is 0 Å². The Bertz CT molecular complexity index is 1640. The van der Waals surface area contributed by atoms with E-state index in [1.54, 1.807) is 10.5 Å². The molecule has 0 spiro atoms. The summed E-state index contributed by atoms with van der Waals surface area (Å²) in [5.41, 5.74) is 4.74. The topological polar surface area (TPSA) is 118 Å².